The summed E-state index contributed by atoms with van der Waals surface area (Å²) >= 11 is 0. The van der Waals surface area contributed by atoms with E-state index >= 15 is 0 Å². The molecule has 0 unspecified atom stereocenters. The topological polar surface area (TPSA) is 65.5 Å². The number of aliphatic imine (C=N–C) groups is 1. The number of carbonyl (C=O) groups is 1. The van der Waals surface area contributed by atoms with Crippen molar-refractivity contribution < 1.29 is 4.79 Å². The summed E-state index contributed by atoms with van der Waals surface area (Å²) in [7, 11) is 1.76. The minimum Gasteiger partial charge on any atom is -0.356 e. The van der Waals surface area contributed by atoms with Crippen LogP contribution in [-0.4, -0.2) is 38.0 Å². The van der Waals surface area contributed by atoms with E-state index < -0.39 is 0 Å². The van der Waals surface area contributed by atoms with Gasteiger partial charge in [0.05, 0.1) is 6.54 Å². The van der Waals surface area contributed by atoms with E-state index in [0.29, 0.717) is 18.0 Å². The van der Waals surface area contributed by atoms with Crippen LogP contribution in [0.5, 0.6) is 0 Å². The Bertz CT molecular complexity index is 379. The van der Waals surface area contributed by atoms with Crippen LogP contribution in [0.15, 0.2) is 4.99 Å². The lowest BCUT2D eigenvalue weighted by molar-refractivity contribution is -0.120. The minimum atomic E-state index is 0.0729. The Kier molecular flexibility index (Phi) is 6.52. The van der Waals surface area contributed by atoms with Crippen molar-refractivity contribution >= 4 is 11.9 Å². The van der Waals surface area contributed by atoms with E-state index in [1.807, 2.05) is 0 Å². The van der Waals surface area contributed by atoms with E-state index in [0.717, 1.165) is 25.3 Å². The van der Waals surface area contributed by atoms with Crippen LogP contribution in [0.25, 0.3) is 0 Å². The zero-order chi connectivity index (χ0) is 15.8. The van der Waals surface area contributed by atoms with Gasteiger partial charge in [0.25, 0.3) is 0 Å². The summed E-state index contributed by atoms with van der Waals surface area (Å²) < 4.78 is 0. The Morgan fingerprint density at radius 2 is 1.86 bits per heavy atom. The van der Waals surface area contributed by atoms with E-state index in [1.54, 1.807) is 7.05 Å². The Balaban J connectivity index is 1.66. The molecule has 0 radical (unpaired) electrons. The number of nitrogens with zero attached hydrogens (tertiary/aromatic N) is 1. The zero-order valence-electron chi connectivity index (χ0n) is 14.2. The number of hydrogen-bond donors (Lipinski definition) is 3. The second-order valence-electron chi connectivity index (χ2n) is 6.89. The molecular weight excluding hydrogens is 276 g/mol. The van der Waals surface area contributed by atoms with Gasteiger partial charge in [-0.15, -0.1) is 0 Å². The smallest absolute Gasteiger partial charge is 0.239 e. The van der Waals surface area contributed by atoms with Gasteiger partial charge >= 0.3 is 0 Å². The quantitative estimate of drug-likeness (QED) is 0.520. The number of hydrogen-bond acceptors (Lipinski definition) is 2. The second-order valence-corrected chi connectivity index (χ2v) is 6.89. The van der Waals surface area contributed by atoms with Crippen molar-refractivity contribution in [1.29, 1.82) is 0 Å². The molecule has 2 aliphatic carbocycles. The first kappa shape index (κ1) is 17.1. The molecule has 126 valence electrons. The molecule has 0 bridgehead atoms. The van der Waals surface area contributed by atoms with E-state index in [-0.39, 0.29) is 5.91 Å². The standard InChI is InChI=1S/C17H32N4O/c1-3-17(10-7-11-17)13-20-16(18-2)19-12-15(22)21-14-8-5-4-6-9-14/h14H,3-13H2,1-2H3,(H,21,22)(H2,18,19,20). The molecule has 2 aliphatic rings. The van der Waals surface area contributed by atoms with Gasteiger partial charge in [0.15, 0.2) is 5.96 Å². The Morgan fingerprint density at radius 3 is 2.41 bits per heavy atom. The summed E-state index contributed by atoms with van der Waals surface area (Å²) in [5, 5.41) is 9.63. The van der Waals surface area contributed by atoms with Crippen molar-refractivity contribution in [2.24, 2.45) is 10.4 Å². The maximum absolute atomic E-state index is 12.0. The average molecular weight is 308 g/mol. The van der Waals surface area contributed by atoms with Gasteiger partial charge in [-0.25, -0.2) is 0 Å². The van der Waals surface area contributed by atoms with Crippen molar-refractivity contribution in [3.05, 3.63) is 0 Å². The first-order chi connectivity index (χ1) is 10.7. The fraction of sp³-hybridized carbons (Fsp3) is 0.882. The van der Waals surface area contributed by atoms with Gasteiger partial charge in [0.1, 0.15) is 0 Å². The van der Waals surface area contributed by atoms with Crippen LogP contribution >= 0.6 is 0 Å². The van der Waals surface area contributed by atoms with Crippen LogP contribution in [0.2, 0.25) is 0 Å². The van der Waals surface area contributed by atoms with Crippen molar-refractivity contribution in [3.63, 3.8) is 0 Å². The van der Waals surface area contributed by atoms with Crippen LogP contribution in [-0.2, 0) is 4.79 Å². The lowest BCUT2D eigenvalue weighted by Crippen LogP contribution is -2.49. The Hall–Kier alpha value is -1.26. The first-order valence-corrected chi connectivity index (χ1v) is 8.91. The van der Waals surface area contributed by atoms with E-state index in [9.17, 15) is 4.79 Å². The lowest BCUT2D eigenvalue weighted by Gasteiger charge is -2.41. The Labute approximate surface area is 134 Å². The number of amides is 1. The summed E-state index contributed by atoms with van der Waals surface area (Å²) in [5.74, 6) is 0.808. The van der Waals surface area contributed by atoms with Crippen molar-refractivity contribution in [3.8, 4) is 0 Å². The van der Waals surface area contributed by atoms with Gasteiger partial charge in [-0.05, 0) is 37.5 Å². The first-order valence-electron chi connectivity index (χ1n) is 8.91. The fourth-order valence-electron chi connectivity index (χ4n) is 3.51. The summed E-state index contributed by atoms with van der Waals surface area (Å²) in [6, 6.07) is 0.372. The molecule has 5 heteroatoms. The lowest BCUT2D eigenvalue weighted by atomic mass is 9.67. The second kappa shape index (κ2) is 8.39. The van der Waals surface area contributed by atoms with Gasteiger partial charge in [0, 0.05) is 19.6 Å². The predicted molar refractivity (Wildman–Crippen MR) is 91.0 cm³/mol. The van der Waals surface area contributed by atoms with Crippen LogP contribution in [0.1, 0.15) is 64.7 Å². The van der Waals surface area contributed by atoms with Crippen LogP contribution in [0, 0.1) is 5.41 Å². The van der Waals surface area contributed by atoms with Gasteiger partial charge < -0.3 is 16.0 Å². The highest BCUT2D eigenvalue weighted by molar-refractivity contribution is 5.86. The van der Waals surface area contributed by atoms with Crippen LogP contribution < -0.4 is 16.0 Å². The highest BCUT2D eigenvalue weighted by atomic mass is 16.2. The molecule has 2 fully saturated rings. The number of carbonyl (C=O) groups excluding carboxylic acids is 1. The van der Waals surface area contributed by atoms with Crippen molar-refractivity contribution in [2.75, 3.05) is 20.1 Å². The summed E-state index contributed by atoms with van der Waals surface area (Å²) in [5.41, 5.74) is 0.446. The van der Waals surface area contributed by atoms with E-state index in [4.69, 9.17) is 0 Å². The van der Waals surface area contributed by atoms with Crippen LogP contribution in [0.3, 0.4) is 0 Å². The van der Waals surface area contributed by atoms with Gasteiger partial charge in [-0.3, -0.25) is 9.79 Å². The number of guanidine groups is 1. The molecule has 3 N–H and O–H groups in total. The third-order valence-corrected chi connectivity index (χ3v) is 5.41. The molecule has 0 aromatic rings. The third kappa shape index (κ3) is 4.89. The SMILES string of the molecule is CCC1(CNC(=NC)NCC(=O)NC2CCCCC2)CCC1. The minimum absolute atomic E-state index is 0.0729. The maximum Gasteiger partial charge on any atom is 0.239 e. The molecule has 5 nitrogen and oxygen atoms in total. The molecule has 0 aromatic heterocycles. The van der Waals surface area contributed by atoms with E-state index in [1.165, 1.54) is 44.9 Å². The third-order valence-electron chi connectivity index (χ3n) is 5.41. The molecule has 0 aliphatic heterocycles. The van der Waals surface area contributed by atoms with Crippen molar-refractivity contribution in [1.82, 2.24) is 16.0 Å². The zero-order valence-corrected chi connectivity index (χ0v) is 14.2. The molecule has 0 saturated heterocycles. The molecule has 1 amide bonds. The molecule has 0 atom stereocenters. The molecule has 0 spiro atoms. The highest BCUT2D eigenvalue weighted by Gasteiger charge is 2.34. The van der Waals surface area contributed by atoms with Gasteiger partial charge in [0.2, 0.25) is 5.91 Å². The van der Waals surface area contributed by atoms with Crippen LogP contribution in [0.4, 0.5) is 0 Å². The fourth-order valence-corrected chi connectivity index (χ4v) is 3.51. The molecule has 22 heavy (non-hydrogen) atoms. The summed E-state index contributed by atoms with van der Waals surface area (Å²) in [6.45, 7) is 3.51. The predicted octanol–water partition coefficient (Wildman–Crippen LogP) is 2.18. The summed E-state index contributed by atoms with van der Waals surface area (Å²) in [4.78, 5) is 16.2. The molecule has 0 aromatic carbocycles. The van der Waals surface area contributed by atoms with E-state index in [2.05, 4.69) is 27.9 Å². The molecule has 2 saturated carbocycles. The highest BCUT2D eigenvalue weighted by Crippen LogP contribution is 2.42. The average Bonchev–Trinajstić information content (AvgIpc) is 2.50. The monoisotopic (exact) mass is 308 g/mol. The molecular formula is C17H32N4O. The van der Waals surface area contributed by atoms with Crippen molar-refractivity contribution in [2.45, 2.75) is 70.8 Å². The largest absolute Gasteiger partial charge is 0.356 e. The maximum atomic E-state index is 12.0. The normalized spacial score (nSPS) is 21.8. The number of rotatable bonds is 6. The molecule has 0 heterocycles. The number of nitrogens with one attached hydrogen (secondary N) is 3. The summed E-state index contributed by atoms with van der Waals surface area (Å²) in [6.07, 6.45) is 11.2. The molecule has 2 rings (SSSR count). The Morgan fingerprint density at radius 1 is 1.14 bits per heavy atom. The van der Waals surface area contributed by atoms with Gasteiger partial charge in [-0.1, -0.05) is 32.6 Å². The van der Waals surface area contributed by atoms with Gasteiger partial charge in [-0.2, -0.15) is 0 Å².